The number of benzene rings is 3. The first kappa shape index (κ1) is 40.5. The third kappa shape index (κ3) is 8.05. The lowest BCUT2D eigenvalue weighted by atomic mass is 9.78. The van der Waals surface area contributed by atoms with E-state index < -0.39 is 23.8 Å². The van der Waals surface area contributed by atoms with Crippen molar-refractivity contribution in [3.8, 4) is 5.75 Å². The third-order valence-electron chi connectivity index (χ3n) is 13.1. The lowest BCUT2D eigenvalue weighted by Gasteiger charge is -2.52. The average molecular weight is 842 g/mol. The number of carbonyl (C=O) groups is 4. The predicted molar refractivity (Wildman–Crippen MR) is 230 cm³/mol. The van der Waals surface area contributed by atoms with Crippen LogP contribution in [0.1, 0.15) is 77.1 Å². The van der Waals surface area contributed by atoms with Gasteiger partial charge in [0.15, 0.2) is 5.69 Å². The van der Waals surface area contributed by atoms with Crippen molar-refractivity contribution in [3.63, 3.8) is 0 Å². The molecule has 314 valence electrons. The van der Waals surface area contributed by atoms with Gasteiger partial charge in [-0.2, -0.15) is 0 Å². The molecule has 9 rings (SSSR count). The molecule has 4 aromatic rings. The Morgan fingerprint density at radius 3 is 2.34 bits per heavy atom. The van der Waals surface area contributed by atoms with Crippen LogP contribution in [0.2, 0.25) is 5.02 Å². The van der Waals surface area contributed by atoms with Crippen LogP contribution in [0, 0.1) is 6.57 Å². The zero-order valence-corrected chi connectivity index (χ0v) is 35.1. The number of halogens is 1. The predicted octanol–water partition coefficient (Wildman–Crippen LogP) is 5.46. The Balaban J connectivity index is 0.741. The molecule has 0 bridgehead atoms. The van der Waals surface area contributed by atoms with Crippen molar-refractivity contribution in [3.05, 3.63) is 117 Å². The third-order valence-corrected chi connectivity index (χ3v) is 13.3. The number of piperazine rings is 1. The summed E-state index contributed by atoms with van der Waals surface area (Å²) in [5, 5.41) is 2.81. The van der Waals surface area contributed by atoms with Gasteiger partial charge in [0.25, 0.3) is 11.8 Å². The fourth-order valence-electron chi connectivity index (χ4n) is 9.36. The first-order chi connectivity index (χ1) is 29.4. The number of piperidine rings is 2. The molecule has 0 spiro atoms. The van der Waals surface area contributed by atoms with Crippen LogP contribution in [0.25, 0.3) is 4.85 Å². The van der Waals surface area contributed by atoms with Crippen molar-refractivity contribution in [2.45, 2.75) is 69.7 Å². The smallest absolute Gasteiger partial charge is 0.262 e. The average Bonchev–Trinajstić information content (AvgIpc) is 3.50. The van der Waals surface area contributed by atoms with Gasteiger partial charge in [-0.25, -0.2) is 14.8 Å². The Labute approximate surface area is 360 Å². The molecule has 5 aliphatic rings. The first-order valence-corrected chi connectivity index (χ1v) is 21.4. The standard InChI is InChI=1S/C46H48ClN9O5/c1-46(2,30-21-31(47)23-33(22-30)48-3)29-6-9-37(10-7-29)61-28-32-14-15-49-45(50-32)53-19-17-52(18-20-53)36-26-55(27-36)35-5-4-16-54(25-35)34-8-11-38-39(24-34)44(60)56(43(38)59)40-12-13-41(57)51-42(40)58/h6-11,14-15,21-24,35-36,40H,4-5,12-13,16-20,25-28H2,1-2H3,(H,51,57,58). The van der Waals surface area contributed by atoms with Crippen molar-refractivity contribution in [2.24, 2.45) is 0 Å². The highest BCUT2D eigenvalue weighted by Crippen LogP contribution is 2.37. The normalized spacial score (nSPS) is 21.6. The monoisotopic (exact) mass is 841 g/mol. The lowest BCUT2D eigenvalue weighted by molar-refractivity contribution is -0.136. The molecule has 14 nitrogen and oxygen atoms in total. The number of likely N-dealkylation sites (tertiary alicyclic amines) is 1. The molecule has 61 heavy (non-hydrogen) atoms. The number of amides is 4. The molecule has 4 fully saturated rings. The van der Waals surface area contributed by atoms with Crippen LogP contribution in [0.3, 0.4) is 0 Å². The van der Waals surface area contributed by atoms with Crippen LogP contribution in [-0.2, 0) is 21.6 Å². The fraction of sp³-hybridized carbons (Fsp3) is 0.413. The van der Waals surface area contributed by atoms with Gasteiger partial charge in [0, 0.05) is 93.2 Å². The van der Waals surface area contributed by atoms with Gasteiger partial charge in [0.2, 0.25) is 17.8 Å². The summed E-state index contributed by atoms with van der Waals surface area (Å²) in [6, 6.07) is 20.7. The number of rotatable bonds is 10. The zero-order valence-electron chi connectivity index (χ0n) is 34.3. The highest BCUT2D eigenvalue weighted by atomic mass is 35.5. The van der Waals surface area contributed by atoms with E-state index in [2.05, 4.69) is 60.7 Å². The summed E-state index contributed by atoms with van der Waals surface area (Å²) >= 11 is 6.31. The number of fused-ring (bicyclic) bond motifs is 1. The van der Waals surface area contributed by atoms with Crippen LogP contribution in [0.15, 0.2) is 72.9 Å². The molecule has 4 amide bonds. The van der Waals surface area contributed by atoms with E-state index >= 15 is 0 Å². The first-order valence-electron chi connectivity index (χ1n) is 21.0. The minimum Gasteiger partial charge on any atom is -0.487 e. The number of carbonyl (C=O) groups excluding carboxylic acids is 4. The second-order valence-corrected chi connectivity index (χ2v) is 17.6. The second-order valence-electron chi connectivity index (χ2n) is 17.1. The van der Waals surface area contributed by atoms with Gasteiger partial charge in [0.1, 0.15) is 18.4 Å². The minimum absolute atomic E-state index is 0.0947. The van der Waals surface area contributed by atoms with E-state index in [-0.39, 0.29) is 24.2 Å². The highest BCUT2D eigenvalue weighted by Gasteiger charge is 2.45. The van der Waals surface area contributed by atoms with Crippen molar-refractivity contribution >= 4 is 52.6 Å². The van der Waals surface area contributed by atoms with Crippen molar-refractivity contribution in [2.75, 3.05) is 62.2 Å². The van der Waals surface area contributed by atoms with Crippen LogP contribution in [0.5, 0.6) is 5.75 Å². The number of anilines is 2. The maximum absolute atomic E-state index is 13.4. The number of aromatic nitrogens is 2. The topological polar surface area (TPSA) is 136 Å². The van der Waals surface area contributed by atoms with Gasteiger partial charge in [-0.05, 0) is 78.9 Å². The molecule has 3 aromatic carbocycles. The van der Waals surface area contributed by atoms with Gasteiger partial charge >= 0.3 is 0 Å². The maximum atomic E-state index is 13.4. The number of hydrogen-bond donors (Lipinski definition) is 1. The number of hydrogen-bond acceptors (Lipinski definition) is 11. The van der Waals surface area contributed by atoms with Crippen LogP contribution >= 0.6 is 11.6 Å². The molecule has 1 aromatic heterocycles. The Morgan fingerprint density at radius 2 is 1.59 bits per heavy atom. The molecular weight excluding hydrogens is 794 g/mol. The SMILES string of the molecule is [C-]#[N+]c1cc(Cl)cc(C(C)(C)c2ccc(OCc3ccnc(N4CCN(C5CN(C6CCCN(c7ccc8c(c7)C(=O)N(C7CCC(=O)NC7=O)C8=O)C6)C5)CC4)n3)cc2)c1. The summed E-state index contributed by atoms with van der Waals surface area (Å²) in [7, 11) is 0. The number of ether oxygens (including phenoxy) is 1. The summed E-state index contributed by atoms with van der Waals surface area (Å²) in [6.45, 7) is 19.3. The molecular formula is C46H48ClN9O5. The van der Waals surface area contributed by atoms with E-state index in [1.807, 2.05) is 36.4 Å². The summed E-state index contributed by atoms with van der Waals surface area (Å²) in [5.41, 5.74) is 4.59. The van der Waals surface area contributed by atoms with E-state index in [0.29, 0.717) is 40.5 Å². The Bertz CT molecular complexity index is 2420. The van der Waals surface area contributed by atoms with Gasteiger partial charge < -0.3 is 14.5 Å². The van der Waals surface area contributed by atoms with E-state index in [1.165, 1.54) is 0 Å². The number of nitrogens with zero attached hydrogens (tertiary/aromatic N) is 8. The summed E-state index contributed by atoms with van der Waals surface area (Å²) in [6.07, 6.45) is 4.18. The number of nitrogens with one attached hydrogen (secondary N) is 1. The van der Waals surface area contributed by atoms with Gasteiger partial charge in [-0.3, -0.25) is 39.2 Å². The van der Waals surface area contributed by atoms with E-state index in [0.717, 1.165) is 104 Å². The van der Waals surface area contributed by atoms with Crippen molar-refractivity contribution in [1.29, 1.82) is 0 Å². The lowest BCUT2D eigenvalue weighted by Crippen LogP contribution is -2.66. The largest absolute Gasteiger partial charge is 0.487 e. The Hall–Kier alpha value is -5.88. The molecule has 0 aliphatic carbocycles. The molecule has 0 radical (unpaired) electrons. The Kier molecular flexibility index (Phi) is 11.0. The highest BCUT2D eigenvalue weighted by molar-refractivity contribution is 6.31. The van der Waals surface area contributed by atoms with Gasteiger partial charge in [-0.1, -0.05) is 43.6 Å². The molecule has 2 atom stereocenters. The summed E-state index contributed by atoms with van der Waals surface area (Å²) in [5.74, 6) is -0.483. The van der Waals surface area contributed by atoms with Crippen molar-refractivity contribution < 1.29 is 23.9 Å². The quantitative estimate of drug-likeness (QED) is 0.161. The van der Waals surface area contributed by atoms with Gasteiger partial charge in [-0.15, -0.1) is 0 Å². The zero-order chi connectivity index (χ0) is 42.4. The van der Waals surface area contributed by atoms with Crippen LogP contribution in [0.4, 0.5) is 17.3 Å². The van der Waals surface area contributed by atoms with Crippen molar-refractivity contribution in [1.82, 2.24) is 30.0 Å². The fourth-order valence-corrected chi connectivity index (χ4v) is 9.59. The van der Waals surface area contributed by atoms with Gasteiger partial charge in [0.05, 0.1) is 23.4 Å². The Morgan fingerprint density at radius 1 is 0.820 bits per heavy atom. The van der Waals surface area contributed by atoms with E-state index in [1.54, 1.807) is 24.4 Å². The van der Waals surface area contributed by atoms with E-state index in [4.69, 9.17) is 27.9 Å². The van der Waals surface area contributed by atoms with Crippen LogP contribution < -0.4 is 19.9 Å². The maximum Gasteiger partial charge on any atom is 0.262 e. The summed E-state index contributed by atoms with van der Waals surface area (Å²) < 4.78 is 6.15. The molecule has 6 heterocycles. The molecule has 0 saturated carbocycles. The van der Waals surface area contributed by atoms with Crippen LogP contribution in [-0.4, -0.2) is 119 Å². The minimum atomic E-state index is -0.972. The molecule has 4 saturated heterocycles. The molecule has 5 aliphatic heterocycles. The molecule has 1 N–H and O–H groups in total. The summed E-state index contributed by atoms with van der Waals surface area (Å²) in [4.78, 5) is 74.6. The molecule has 15 heteroatoms. The second kappa shape index (κ2) is 16.5. The van der Waals surface area contributed by atoms with E-state index in [9.17, 15) is 19.2 Å². The molecule has 2 unspecified atom stereocenters. The number of imide groups is 2.